The monoisotopic (exact) mass is 276 g/mol. The Labute approximate surface area is 122 Å². The molecule has 0 spiro atoms. The Morgan fingerprint density at radius 1 is 1.00 bits per heavy atom. The van der Waals surface area contributed by atoms with Crippen LogP contribution in [-0.4, -0.2) is 21.9 Å². The van der Waals surface area contributed by atoms with E-state index in [1.807, 2.05) is 0 Å². The Bertz CT molecular complexity index is 433. The summed E-state index contributed by atoms with van der Waals surface area (Å²) in [4.78, 5) is 0. The van der Waals surface area contributed by atoms with E-state index in [1.165, 1.54) is 35.1 Å². The molecule has 0 saturated heterocycles. The molecule has 0 radical (unpaired) electrons. The molecule has 0 bridgehead atoms. The first-order valence-corrected chi connectivity index (χ1v) is 7.89. The summed E-state index contributed by atoms with van der Waals surface area (Å²) in [5, 5.41) is 21.3. The molecule has 1 aliphatic rings. The van der Waals surface area contributed by atoms with Gasteiger partial charge in [-0.2, -0.15) is 0 Å². The van der Waals surface area contributed by atoms with Crippen molar-refractivity contribution in [2.75, 3.05) is 0 Å². The summed E-state index contributed by atoms with van der Waals surface area (Å²) in [5.74, 6) is 0. The minimum absolute atomic E-state index is 0.564. The van der Waals surface area contributed by atoms with Crippen LogP contribution in [-0.2, 0) is 6.42 Å². The summed E-state index contributed by atoms with van der Waals surface area (Å²) in [6, 6.07) is 4.32. The van der Waals surface area contributed by atoms with E-state index in [2.05, 4.69) is 32.9 Å². The Morgan fingerprint density at radius 2 is 1.50 bits per heavy atom. The van der Waals surface area contributed by atoms with Gasteiger partial charge in [0, 0.05) is 6.42 Å². The number of rotatable bonds is 3. The highest BCUT2D eigenvalue weighted by atomic mass is 16.3. The van der Waals surface area contributed by atoms with E-state index < -0.39 is 11.7 Å². The number of aliphatic hydroxyl groups excluding tert-OH is 1. The largest absolute Gasteiger partial charge is 0.390 e. The zero-order valence-electron chi connectivity index (χ0n) is 13.1. The van der Waals surface area contributed by atoms with E-state index in [9.17, 15) is 10.2 Å². The van der Waals surface area contributed by atoms with Gasteiger partial charge in [-0.05, 0) is 50.3 Å². The van der Waals surface area contributed by atoms with Crippen molar-refractivity contribution in [3.63, 3.8) is 0 Å². The molecule has 0 amide bonds. The average Bonchev–Trinajstić information content (AvgIpc) is 2.59. The second-order valence-electron chi connectivity index (χ2n) is 6.61. The fourth-order valence-corrected chi connectivity index (χ4v) is 3.59. The molecule has 0 aliphatic heterocycles. The minimum Gasteiger partial charge on any atom is -0.390 e. The topological polar surface area (TPSA) is 40.5 Å². The maximum atomic E-state index is 10.8. The number of hydrogen-bond donors (Lipinski definition) is 2. The summed E-state index contributed by atoms with van der Waals surface area (Å²) in [7, 11) is 0. The van der Waals surface area contributed by atoms with Crippen LogP contribution in [0.1, 0.15) is 60.8 Å². The molecule has 0 aromatic heterocycles. The van der Waals surface area contributed by atoms with E-state index >= 15 is 0 Å². The number of benzene rings is 1. The molecule has 2 N–H and O–H groups in total. The third-order valence-corrected chi connectivity index (χ3v) is 4.83. The molecule has 2 rings (SSSR count). The Balaban J connectivity index is 2.16. The molecule has 1 aliphatic carbocycles. The van der Waals surface area contributed by atoms with Gasteiger partial charge in [-0.3, -0.25) is 0 Å². The van der Waals surface area contributed by atoms with Gasteiger partial charge in [-0.25, -0.2) is 0 Å². The molecule has 2 nitrogen and oxygen atoms in total. The molecular weight excluding hydrogens is 248 g/mol. The van der Waals surface area contributed by atoms with Crippen LogP contribution in [0.5, 0.6) is 0 Å². The number of hydrogen-bond acceptors (Lipinski definition) is 2. The highest BCUT2D eigenvalue weighted by Crippen LogP contribution is 2.32. The fraction of sp³-hybridized carbons (Fsp3) is 0.667. The summed E-state index contributed by atoms with van der Waals surface area (Å²) >= 11 is 0. The molecule has 2 heteroatoms. The molecule has 1 aromatic carbocycles. The van der Waals surface area contributed by atoms with Crippen molar-refractivity contribution >= 4 is 0 Å². The van der Waals surface area contributed by atoms with Crippen molar-refractivity contribution in [3.05, 3.63) is 34.4 Å². The van der Waals surface area contributed by atoms with Crippen molar-refractivity contribution in [1.82, 2.24) is 0 Å². The predicted octanol–water partition coefficient (Wildman–Crippen LogP) is 3.60. The van der Waals surface area contributed by atoms with E-state index in [1.54, 1.807) is 0 Å². The van der Waals surface area contributed by atoms with Gasteiger partial charge in [-0.1, -0.05) is 43.4 Å². The fourth-order valence-electron chi connectivity index (χ4n) is 3.59. The second kappa shape index (κ2) is 6.28. The van der Waals surface area contributed by atoms with Gasteiger partial charge < -0.3 is 10.2 Å². The molecule has 0 heterocycles. The average molecular weight is 276 g/mol. The summed E-state index contributed by atoms with van der Waals surface area (Å²) < 4.78 is 0. The second-order valence-corrected chi connectivity index (χ2v) is 6.61. The van der Waals surface area contributed by atoms with Crippen LogP contribution in [0, 0.1) is 20.8 Å². The van der Waals surface area contributed by atoms with Crippen LogP contribution in [0.4, 0.5) is 0 Å². The highest BCUT2D eigenvalue weighted by molar-refractivity contribution is 5.38. The molecular formula is C18H28O2. The van der Waals surface area contributed by atoms with Gasteiger partial charge in [0.25, 0.3) is 0 Å². The molecule has 1 atom stereocenters. The first kappa shape index (κ1) is 15.5. The van der Waals surface area contributed by atoms with Gasteiger partial charge in [0.1, 0.15) is 0 Å². The zero-order valence-corrected chi connectivity index (χ0v) is 13.1. The Morgan fingerprint density at radius 3 is 2.00 bits per heavy atom. The van der Waals surface area contributed by atoms with Gasteiger partial charge in [0.05, 0.1) is 11.7 Å². The number of aryl methyl sites for hydroxylation is 3. The molecule has 112 valence electrons. The first-order chi connectivity index (χ1) is 9.42. The van der Waals surface area contributed by atoms with Gasteiger partial charge in [0.15, 0.2) is 0 Å². The standard InChI is InChI=1S/C18H28O2/c1-13-10-14(2)16(15(3)11-13)12-17(19)18(20)8-6-4-5-7-9-18/h10-11,17,19-20H,4-9,12H2,1-3H3. The van der Waals surface area contributed by atoms with Gasteiger partial charge >= 0.3 is 0 Å². The van der Waals surface area contributed by atoms with Crippen molar-refractivity contribution in [2.24, 2.45) is 0 Å². The Kier molecular flexibility index (Phi) is 4.87. The van der Waals surface area contributed by atoms with Crippen molar-refractivity contribution in [3.8, 4) is 0 Å². The first-order valence-electron chi connectivity index (χ1n) is 7.89. The third kappa shape index (κ3) is 3.42. The van der Waals surface area contributed by atoms with Crippen LogP contribution in [0.3, 0.4) is 0 Å². The van der Waals surface area contributed by atoms with E-state index in [0.29, 0.717) is 6.42 Å². The van der Waals surface area contributed by atoms with Gasteiger partial charge in [-0.15, -0.1) is 0 Å². The van der Waals surface area contributed by atoms with Crippen LogP contribution in [0.2, 0.25) is 0 Å². The van der Waals surface area contributed by atoms with Crippen LogP contribution >= 0.6 is 0 Å². The number of aliphatic hydroxyl groups is 2. The lowest BCUT2D eigenvalue weighted by Crippen LogP contribution is -2.43. The lowest BCUT2D eigenvalue weighted by Gasteiger charge is -2.33. The van der Waals surface area contributed by atoms with Gasteiger partial charge in [0.2, 0.25) is 0 Å². The Hall–Kier alpha value is -0.860. The van der Waals surface area contributed by atoms with Crippen molar-refractivity contribution < 1.29 is 10.2 Å². The van der Waals surface area contributed by atoms with E-state index in [0.717, 1.165) is 25.7 Å². The molecule has 1 fully saturated rings. The zero-order chi connectivity index (χ0) is 14.8. The van der Waals surface area contributed by atoms with Crippen LogP contribution in [0.25, 0.3) is 0 Å². The summed E-state index contributed by atoms with van der Waals surface area (Å²) in [6.07, 6.45) is 5.79. The predicted molar refractivity (Wildman–Crippen MR) is 83.0 cm³/mol. The normalized spacial score (nSPS) is 20.4. The maximum absolute atomic E-state index is 10.8. The molecule has 1 unspecified atom stereocenters. The molecule has 1 aromatic rings. The van der Waals surface area contributed by atoms with Crippen LogP contribution < -0.4 is 0 Å². The third-order valence-electron chi connectivity index (χ3n) is 4.83. The quantitative estimate of drug-likeness (QED) is 0.828. The SMILES string of the molecule is Cc1cc(C)c(CC(O)C2(O)CCCCCC2)c(C)c1. The molecule has 20 heavy (non-hydrogen) atoms. The summed E-state index contributed by atoms with van der Waals surface area (Å²) in [5.41, 5.74) is 4.00. The highest BCUT2D eigenvalue weighted by Gasteiger charge is 2.36. The minimum atomic E-state index is -0.889. The lowest BCUT2D eigenvalue weighted by molar-refractivity contribution is -0.0837. The maximum Gasteiger partial charge on any atom is 0.0908 e. The van der Waals surface area contributed by atoms with E-state index in [-0.39, 0.29) is 0 Å². The van der Waals surface area contributed by atoms with Crippen molar-refractivity contribution in [1.29, 1.82) is 0 Å². The summed E-state index contributed by atoms with van der Waals surface area (Å²) in [6.45, 7) is 6.29. The van der Waals surface area contributed by atoms with Crippen LogP contribution in [0.15, 0.2) is 12.1 Å². The molecule has 1 saturated carbocycles. The van der Waals surface area contributed by atoms with Crippen molar-refractivity contribution in [2.45, 2.75) is 77.4 Å². The van der Waals surface area contributed by atoms with E-state index in [4.69, 9.17) is 0 Å². The lowest BCUT2D eigenvalue weighted by atomic mass is 9.83. The smallest absolute Gasteiger partial charge is 0.0908 e.